The Bertz CT molecular complexity index is 704. The lowest BCUT2D eigenvalue weighted by Gasteiger charge is -2.49. The van der Waals surface area contributed by atoms with Gasteiger partial charge in [-0.05, 0) is 24.0 Å². The van der Waals surface area contributed by atoms with E-state index >= 15 is 0 Å². The number of thioether (sulfide) groups is 2. The highest BCUT2D eigenvalue weighted by molar-refractivity contribution is 8.02. The zero-order valence-corrected chi connectivity index (χ0v) is 14.0. The van der Waals surface area contributed by atoms with Crippen molar-refractivity contribution in [1.29, 1.82) is 0 Å². The van der Waals surface area contributed by atoms with E-state index in [9.17, 15) is 9.59 Å². The summed E-state index contributed by atoms with van der Waals surface area (Å²) in [6.45, 7) is 2.02. The molecule has 4 rings (SSSR count). The highest BCUT2D eigenvalue weighted by Gasteiger charge is 2.54. The van der Waals surface area contributed by atoms with Crippen molar-refractivity contribution in [2.45, 2.75) is 28.6 Å². The van der Waals surface area contributed by atoms with E-state index in [0.717, 1.165) is 15.5 Å². The molecule has 0 aliphatic carbocycles. The molecule has 10 heteroatoms. The standard InChI is InChI=1S/C12H12N4O3S3/c1-2-19-12(18)6-4(7-8-9(21-7)14-15-22-8)3-20-11-5(13)10(17)16(6)11/h5,7,11H,2-3,13H2,1H3/t5?,7?,11-/m0/s1. The normalized spacial score (nSPS) is 29.5. The van der Waals surface area contributed by atoms with Gasteiger partial charge in [-0.25, -0.2) is 4.79 Å². The number of rotatable bonds is 3. The number of nitrogens with zero attached hydrogens (tertiary/aromatic N) is 3. The van der Waals surface area contributed by atoms with Crippen LogP contribution >= 0.6 is 35.1 Å². The van der Waals surface area contributed by atoms with E-state index in [1.54, 1.807) is 30.4 Å². The molecule has 0 bridgehead atoms. The molecule has 22 heavy (non-hydrogen) atoms. The van der Waals surface area contributed by atoms with E-state index in [2.05, 4.69) is 9.59 Å². The summed E-state index contributed by atoms with van der Waals surface area (Å²) in [6.07, 6.45) is 0. The van der Waals surface area contributed by atoms with E-state index in [-0.39, 0.29) is 23.1 Å². The topological polar surface area (TPSA) is 98.4 Å². The number of amides is 1. The molecule has 1 saturated heterocycles. The van der Waals surface area contributed by atoms with Gasteiger partial charge >= 0.3 is 5.97 Å². The summed E-state index contributed by atoms with van der Waals surface area (Å²) in [5.74, 6) is -0.00927. The van der Waals surface area contributed by atoms with Crippen LogP contribution in [0.4, 0.5) is 0 Å². The number of fused-ring (bicyclic) bond motifs is 2. The maximum Gasteiger partial charge on any atom is 0.355 e. The van der Waals surface area contributed by atoms with Gasteiger partial charge in [0.2, 0.25) is 5.91 Å². The Morgan fingerprint density at radius 3 is 3.09 bits per heavy atom. The predicted octanol–water partition coefficient (Wildman–Crippen LogP) is 0.744. The SMILES string of the molecule is CCOC(=O)C1=C(C2Sc3nnsc32)CS[C@H]2C(N)C(=O)N12. The van der Waals surface area contributed by atoms with Gasteiger partial charge in [-0.15, -0.1) is 16.9 Å². The average Bonchev–Trinajstić information content (AvgIpc) is 2.87. The Kier molecular flexibility index (Phi) is 3.44. The molecule has 4 heterocycles. The number of aromatic nitrogens is 2. The van der Waals surface area contributed by atoms with Gasteiger partial charge in [0.25, 0.3) is 0 Å². The largest absolute Gasteiger partial charge is 0.461 e. The van der Waals surface area contributed by atoms with Gasteiger partial charge in [-0.2, -0.15) is 0 Å². The highest BCUT2D eigenvalue weighted by Crippen LogP contribution is 2.57. The zero-order valence-electron chi connectivity index (χ0n) is 11.5. The first-order chi connectivity index (χ1) is 10.6. The molecular formula is C12H12N4O3S3. The first kappa shape index (κ1) is 14.5. The van der Waals surface area contributed by atoms with Crippen LogP contribution in [-0.4, -0.2) is 50.1 Å². The van der Waals surface area contributed by atoms with Crippen LogP contribution in [0.15, 0.2) is 16.3 Å². The molecule has 3 aliphatic heterocycles. The van der Waals surface area contributed by atoms with E-state index in [1.807, 2.05) is 0 Å². The first-order valence-corrected chi connectivity index (χ1v) is 9.43. The fourth-order valence-electron chi connectivity index (χ4n) is 2.70. The molecule has 2 unspecified atom stereocenters. The summed E-state index contributed by atoms with van der Waals surface area (Å²) in [5.41, 5.74) is 7.11. The van der Waals surface area contributed by atoms with Gasteiger partial charge < -0.3 is 10.5 Å². The quantitative estimate of drug-likeness (QED) is 0.626. The molecular weight excluding hydrogens is 344 g/mol. The van der Waals surface area contributed by atoms with Crippen molar-refractivity contribution in [2.75, 3.05) is 12.4 Å². The van der Waals surface area contributed by atoms with E-state index in [1.165, 1.54) is 16.4 Å². The summed E-state index contributed by atoms with van der Waals surface area (Å²) in [6, 6.07) is -0.536. The molecule has 1 fully saturated rings. The molecule has 1 aromatic heterocycles. The van der Waals surface area contributed by atoms with Crippen LogP contribution in [0, 0.1) is 0 Å². The molecule has 0 radical (unpaired) electrons. The Labute approximate surface area is 138 Å². The lowest BCUT2D eigenvalue weighted by Crippen LogP contribution is -2.68. The van der Waals surface area contributed by atoms with Crippen LogP contribution in [0.25, 0.3) is 0 Å². The third kappa shape index (κ3) is 1.87. The number of esters is 1. The fraction of sp³-hybridized carbons (Fsp3) is 0.500. The Morgan fingerprint density at radius 1 is 1.55 bits per heavy atom. The monoisotopic (exact) mass is 356 g/mol. The summed E-state index contributed by atoms with van der Waals surface area (Å²) >= 11 is 4.50. The minimum atomic E-state index is -0.536. The summed E-state index contributed by atoms with van der Waals surface area (Å²) in [7, 11) is 0. The average molecular weight is 356 g/mol. The minimum absolute atomic E-state index is 0.0347. The Morgan fingerprint density at radius 2 is 2.36 bits per heavy atom. The Hall–Kier alpha value is -1.10. The van der Waals surface area contributed by atoms with E-state index in [0.29, 0.717) is 11.4 Å². The molecule has 3 atom stereocenters. The van der Waals surface area contributed by atoms with Crippen molar-refractivity contribution in [2.24, 2.45) is 5.73 Å². The number of carbonyl (C=O) groups excluding carboxylic acids is 2. The first-order valence-electron chi connectivity index (χ1n) is 6.72. The third-order valence-electron chi connectivity index (χ3n) is 3.77. The van der Waals surface area contributed by atoms with Gasteiger partial charge in [0.05, 0.1) is 16.7 Å². The molecule has 1 aromatic rings. The van der Waals surface area contributed by atoms with Crippen LogP contribution in [0.2, 0.25) is 0 Å². The van der Waals surface area contributed by atoms with E-state index < -0.39 is 12.0 Å². The lowest BCUT2D eigenvalue weighted by atomic mass is 10.0. The highest BCUT2D eigenvalue weighted by atomic mass is 32.2. The number of β-lactam (4-membered cyclic amide) rings is 1. The number of hydrogen-bond acceptors (Lipinski definition) is 9. The van der Waals surface area contributed by atoms with Crippen LogP contribution < -0.4 is 5.73 Å². The van der Waals surface area contributed by atoms with Crippen molar-refractivity contribution >= 4 is 46.9 Å². The maximum atomic E-state index is 12.4. The van der Waals surface area contributed by atoms with Gasteiger partial charge in [-0.3, -0.25) is 9.69 Å². The van der Waals surface area contributed by atoms with Gasteiger partial charge in [0, 0.05) is 5.75 Å². The third-order valence-corrected chi connectivity index (χ3v) is 7.44. The maximum absolute atomic E-state index is 12.4. The zero-order chi connectivity index (χ0) is 15.4. The summed E-state index contributed by atoms with van der Waals surface area (Å²) in [5, 5.41) is 4.79. The number of carbonyl (C=O) groups is 2. The molecule has 0 aromatic carbocycles. The number of nitrogens with two attached hydrogens (primary N) is 1. The second-order valence-corrected chi connectivity index (χ2v) is 7.95. The van der Waals surface area contributed by atoms with Crippen LogP contribution in [0.3, 0.4) is 0 Å². The number of ether oxygens (including phenoxy) is 1. The van der Waals surface area contributed by atoms with Crippen LogP contribution in [0.1, 0.15) is 17.1 Å². The molecule has 2 N–H and O–H groups in total. The van der Waals surface area contributed by atoms with Crippen LogP contribution in [0.5, 0.6) is 0 Å². The van der Waals surface area contributed by atoms with Crippen molar-refractivity contribution in [3.63, 3.8) is 0 Å². The summed E-state index contributed by atoms with van der Waals surface area (Å²) in [4.78, 5) is 27.0. The van der Waals surface area contributed by atoms with Crippen molar-refractivity contribution in [3.8, 4) is 0 Å². The predicted molar refractivity (Wildman–Crippen MR) is 83.2 cm³/mol. The van der Waals surface area contributed by atoms with Gasteiger partial charge in [0.1, 0.15) is 22.1 Å². The van der Waals surface area contributed by atoms with Crippen molar-refractivity contribution in [3.05, 3.63) is 16.1 Å². The number of hydrogen-bond donors (Lipinski definition) is 1. The Balaban J connectivity index is 1.75. The van der Waals surface area contributed by atoms with Crippen LogP contribution in [-0.2, 0) is 14.3 Å². The molecule has 1 amide bonds. The second kappa shape index (κ2) is 5.22. The molecule has 0 saturated carbocycles. The van der Waals surface area contributed by atoms with Gasteiger partial charge in [-0.1, -0.05) is 16.3 Å². The lowest BCUT2D eigenvalue weighted by molar-refractivity contribution is -0.150. The molecule has 7 nitrogen and oxygen atoms in total. The molecule has 3 aliphatic rings. The van der Waals surface area contributed by atoms with Crippen molar-refractivity contribution < 1.29 is 14.3 Å². The summed E-state index contributed by atoms with van der Waals surface area (Å²) < 4.78 is 9.09. The molecule has 0 spiro atoms. The second-order valence-electron chi connectivity index (χ2n) is 4.97. The fourth-order valence-corrected chi connectivity index (χ4v) is 6.20. The van der Waals surface area contributed by atoms with E-state index in [4.69, 9.17) is 10.5 Å². The smallest absolute Gasteiger partial charge is 0.355 e. The molecule has 116 valence electrons. The van der Waals surface area contributed by atoms with Gasteiger partial charge in [0.15, 0.2) is 0 Å². The van der Waals surface area contributed by atoms with Crippen molar-refractivity contribution in [1.82, 2.24) is 14.5 Å². The minimum Gasteiger partial charge on any atom is -0.461 e.